The van der Waals surface area contributed by atoms with E-state index in [0.29, 0.717) is 0 Å². The standard InChI is InChI=1S/C14H21ClN2/c1-12-6-4-7-13(15)14(12)16-8-5-11-17-9-2-3-10-17/h4,6-7,16H,2-3,5,8-11H2,1H3. The molecule has 1 heterocycles. The number of hydrogen-bond acceptors (Lipinski definition) is 2. The minimum absolute atomic E-state index is 0.825. The maximum atomic E-state index is 6.16. The summed E-state index contributed by atoms with van der Waals surface area (Å²) in [6, 6.07) is 6.03. The van der Waals surface area contributed by atoms with Gasteiger partial charge < -0.3 is 10.2 Å². The Bertz CT molecular complexity index is 339. The average Bonchev–Trinajstić information content (AvgIpc) is 2.80. The van der Waals surface area contributed by atoms with Gasteiger partial charge in [-0.25, -0.2) is 0 Å². The van der Waals surface area contributed by atoms with Gasteiger partial charge in [0.2, 0.25) is 0 Å². The van der Waals surface area contributed by atoms with Gasteiger partial charge in [0.1, 0.15) is 0 Å². The Labute approximate surface area is 109 Å². The van der Waals surface area contributed by atoms with Crippen molar-refractivity contribution < 1.29 is 0 Å². The van der Waals surface area contributed by atoms with Crippen molar-refractivity contribution in [3.05, 3.63) is 28.8 Å². The molecule has 1 aromatic carbocycles. The number of anilines is 1. The van der Waals surface area contributed by atoms with E-state index < -0.39 is 0 Å². The molecule has 1 aromatic rings. The van der Waals surface area contributed by atoms with Crippen molar-refractivity contribution in [3.63, 3.8) is 0 Å². The van der Waals surface area contributed by atoms with Crippen LogP contribution in [0.2, 0.25) is 5.02 Å². The first-order chi connectivity index (χ1) is 8.27. The van der Waals surface area contributed by atoms with Gasteiger partial charge in [-0.3, -0.25) is 0 Å². The SMILES string of the molecule is Cc1cccc(Cl)c1NCCCN1CCCC1. The summed E-state index contributed by atoms with van der Waals surface area (Å²) < 4.78 is 0. The van der Waals surface area contributed by atoms with E-state index in [1.807, 2.05) is 12.1 Å². The summed E-state index contributed by atoms with van der Waals surface area (Å²) in [7, 11) is 0. The number of nitrogens with zero attached hydrogens (tertiary/aromatic N) is 1. The van der Waals surface area contributed by atoms with Crippen molar-refractivity contribution in [1.29, 1.82) is 0 Å². The van der Waals surface area contributed by atoms with Gasteiger partial charge in [0.05, 0.1) is 10.7 Å². The molecule has 0 amide bonds. The van der Waals surface area contributed by atoms with E-state index >= 15 is 0 Å². The Morgan fingerprint density at radius 1 is 1.29 bits per heavy atom. The number of halogens is 1. The summed E-state index contributed by atoms with van der Waals surface area (Å²) in [5.41, 5.74) is 2.31. The normalized spacial score (nSPS) is 16.4. The third-order valence-electron chi connectivity index (χ3n) is 3.37. The Morgan fingerprint density at radius 3 is 2.76 bits per heavy atom. The number of para-hydroxylation sites is 1. The molecular weight excluding hydrogens is 232 g/mol. The van der Waals surface area contributed by atoms with Gasteiger partial charge in [-0.2, -0.15) is 0 Å². The number of nitrogens with one attached hydrogen (secondary N) is 1. The summed E-state index contributed by atoms with van der Waals surface area (Å²) in [6.45, 7) is 6.86. The second-order valence-electron chi connectivity index (χ2n) is 4.76. The molecule has 0 saturated carbocycles. The van der Waals surface area contributed by atoms with E-state index in [2.05, 4.69) is 23.2 Å². The zero-order valence-corrected chi connectivity index (χ0v) is 11.3. The topological polar surface area (TPSA) is 15.3 Å². The van der Waals surface area contributed by atoms with Crippen LogP contribution in [-0.2, 0) is 0 Å². The van der Waals surface area contributed by atoms with Gasteiger partial charge in [-0.1, -0.05) is 23.7 Å². The average molecular weight is 253 g/mol. The third kappa shape index (κ3) is 3.62. The van der Waals surface area contributed by atoms with Crippen molar-refractivity contribution in [1.82, 2.24) is 4.90 Å². The number of aryl methyl sites for hydroxylation is 1. The van der Waals surface area contributed by atoms with Crippen LogP contribution in [0.4, 0.5) is 5.69 Å². The monoisotopic (exact) mass is 252 g/mol. The second kappa shape index (κ2) is 6.27. The lowest BCUT2D eigenvalue weighted by Crippen LogP contribution is -2.22. The molecule has 1 fully saturated rings. The van der Waals surface area contributed by atoms with Gasteiger partial charge in [0.25, 0.3) is 0 Å². The molecule has 3 heteroatoms. The molecule has 0 unspecified atom stereocenters. The maximum Gasteiger partial charge on any atom is 0.0640 e. The van der Waals surface area contributed by atoms with Crippen molar-refractivity contribution in [2.45, 2.75) is 26.2 Å². The van der Waals surface area contributed by atoms with Gasteiger partial charge in [0, 0.05) is 6.54 Å². The van der Waals surface area contributed by atoms with Crippen LogP contribution in [0.25, 0.3) is 0 Å². The van der Waals surface area contributed by atoms with Crippen LogP contribution in [0.3, 0.4) is 0 Å². The van der Waals surface area contributed by atoms with Gasteiger partial charge in [-0.15, -0.1) is 0 Å². The predicted octanol–water partition coefficient (Wildman–Crippen LogP) is 3.55. The van der Waals surface area contributed by atoms with Crippen molar-refractivity contribution in [2.24, 2.45) is 0 Å². The lowest BCUT2D eigenvalue weighted by Gasteiger charge is -2.16. The van der Waals surface area contributed by atoms with E-state index in [9.17, 15) is 0 Å². The Kier molecular flexibility index (Phi) is 4.69. The predicted molar refractivity (Wildman–Crippen MR) is 75.0 cm³/mol. The highest BCUT2D eigenvalue weighted by atomic mass is 35.5. The first-order valence-corrected chi connectivity index (χ1v) is 6.86. The zero-order valence-electron chi connectivity index (χ0n) is 10.5. The van der Waals surface area contributed by atoms with Crippen molar-refractivity contribution in [3.8, 4) is 0 Å². The quantitative estimate of drug-likeness (QED) is 0.807. The molecule has 1 N–H and O–H groups in total. The fourth-order valence-electron chi connectivity index (χ4n) is 2.38. The molecule has 94 valence electrons. The van der Waals surface area contributed by atoms with Gasteiger partial charge in [0.15, 0.2) is 0 Å². The van der Waals surface area contributed by atoms with Gasteiger partial charge >= 0.3 is 0 Å². The molecule has 0 aliphatic carbocycles. The van der Waals surface area contributed by atoms with E-state index in [0.717, 1.165) is 17.3 Å². The lowest BCUT2D eigenvalue weighted by molar-refractivity contribution is 0.337. The van der Waals surface area contributed by atoms with Crippen molar-refractivity contribution in [2.75, 3.05) is 31.5 Å². The number of rotatable bonds is 5. The summed E-state index contributed by atoms with van der Waals surface area (Å²) in [6.07, 6.45) is 3.93. The zero-order chi connectivity index (χ0) is 12.1. The summed E-state index contributed by atoms with van der Waals surface area (Å²) in [4.78, 5) is 2.54. The molecule has 2 rings (SSSR count). The molecule has 1 aliphatic rings. The molecule has 1 aliphatic heterocycles. The Balaban J connectivity index is 1.74. The summed E-state index contributed by atoms with van der Waals surface area (Å²) in [5.74, 6) is 0. The maximum absolute atomic E-state index is 6.16. The highest BCUT2D eigenvalue weighted by Gasteiger charge is 2.10. The highest BCUT2D eigenvalue weighted by Crippen LogP contribution is 2.24. The number of hydrogen-bond donors (Lipinski definition) is 1. The summed E-state index contributed by atoms with van der Waals surface area (Å²) in [5, 5.41) is 4.27. The smallest absolute Gasteiger partial charge is 0.0640 e. The second-order valence-corrected chi connectivity index (χ2v) is 5.17. The molecule has 0 bridgehead atoms. The van der Waals surface area contributed by atoms with Crippen LogP contribution in [-0.4, -0.2) is 31.1 Å². The van der Waals surface area contributed by atoms with E-state index in [4.69, 9.17) is 11.6 Å². The molecule has 0 spiro atoms. The Morgan fingerprint density at radius 2 is 2.06 bits per heavy atom. The largest absolute Gasteiger partial charge is 0.384 e. The van der Waals surface area contributed by atoms with E-state index in [1.54, 1.807) is 0 Å². The molecule has 0 radical (unpaired) electrons. The van der Waals surface area contributed by atoms with Crippen LogP contribution < -0.4 is 5.32 Å². The fourth-order valence-corrected chi connectivity index (χ4v) is 2.67. The van der Waals surface area contributed by atoms with Crippen LogP contribution in [0, 0.1) is 6.92 Å². The first kappa shape index (κ1) is 12.7. The van der Waals surface area contributed by atoms with E-state index in [-0.39, 0.29) is 0 Å². The lowest BCUT2D eigenvalue weighted by atomic mass is 10.2. The molecule has 1 saturated heterocycles. The fraction of sp³-hybridized carbons (Fsp3) is 0.571. The molecule has 2 nitrogen and oxygen atoms in total. The number of benzene rings is 1. The van der Waals surface area contributed by atoms with Crippen LogP contribution >= 0.6 is 11.6 Å². The minimum Gasteiger partial charge on any atom is -0.384 e. The van der Waals surface area contributed by atoms with Crippen LogP contribution in [0.15, 0.2) is 18.2 Å². The molecular formula is C14H21ClN2. The number of likely N-dealkylation sites (tertiary alicyclic amines) is 1. The van der Waals surface area contributed by atoms with Crippen LogP contribution in [0.1, 0.15) is 24.8 Å². The molecule has 17 heavy (non-hydrogen) atoms. The minimum atomic E-state index is 0.825. The molecule has 0 aromatic heterocycles. The first-order valence-electron chi connectivity index (χ1n) is 6.49. The summed E-state index contributed by atoms with van der Waals surface area (Å²) >= 11 is 6.16. The Hall–Kier alpha value is -0.730. The third-order valence-corrected chi connectivity index (χ3v) is 3.69. The van der Waals surface area contributed by atoms with Crippen molar-refractivity contribution >= 4 is 17.3 Å². The van der Waals surface area contributed by atoms with E-state index in [1.165, 1.54) is 44.5 Å². The highest BCUT2D eigenvalue weighted by molar-refractivity contribution is 6.33. The molecule has 0 atom stereocenters. The van der Waals surface area contributed by atoms with Crippen LogP contribution in [0.5, 0.6) is 0 Å². The van der Waals surface area contributed by atoms with Gasteiger partial charge in [-0.05, 0) is 57.5 Å².